The quantitative estimate of drug-likeness (QED) is 0.817. The number of hydrogen-bond acceptors (Lipinski definition) is 4. The standard InChI is InChI=1S/C19H24N4OS.ClH/c24-18(16-9-15(21-22-16)14-1-2-14)23(11-13-3-8-25-12-13)17-10-19(17)4-6-20-7-5-19;/h3,8-9,12,14,17,20H,1-2,4-7,10-11H2,(H,21,22);1H. The van der Waals surface area contributed by atoms with Crippen molar-refractivity contribution in [3.8, 4) is 0 Å². The Hall–Kier alpha value is -1.37. The molecular formula is C19H25ClN4OS. The summed E-state index contributed by atoms with van der Waals surface area (Å²) in [7, 11) is 0. The van der Waals surface area contributed by atoms with Crippen LogP contribution in [0.4, 0.5) is 0 Å². The average Bonchev–Trinajstić information content (AvgIpc) is 3.46. The number of aromatic amines is 1. The molecule has 1 spiro atoms. The van der Waals surface area contributed by atoms with Crippen molar-refractivity contribution in [1.82, 2.24) is 20.4 Å². The summed E-state index contributed by atoms with van der Waals surface area (Å²) >= 11 is 1.69. The number of piperidine rings is 1. The maximum Gasteiger partial charge on any atom is 0.274 e. The van der Waals surface area contributed by atoms with Gasteiger partial charge in [-0.2, -0.15) is 16.4 Å². The number of rotatable bonds is 5. The van der Waals surface area contributed by atoms with Gasteiger partial charge in [0.1, 0.15) is 5.69 Å². The minimum absolute atomic E-state index is 0. The fourth-order valence-electron chi connectivity index (χ4n) is 4.33. The van der Waals surface area contributed by atoms with Crippen LogP contribution in [0.15, 0.2) is 22.9 Å². The Labute approximate surface area is 164 Å². The Kier molecular flexibility index (Phi) is 4.84. The Morgan fingerprint density at radius 1 is 1.35 bits per heavy atom. The second-order valence-electron chi connectivity index (χ2n) is 7.88. The van der Waals surface area contributed by atoms with Crippen molar-refractivity contribution >= 4 is 29.7 Å². The van der Waals surface area contributed by atoms with Gasteiger partial charge in [0.2, 0.25) is 0 Å². The van der Waals surface area contributed by atoms with Gasteiger partial charge in [-0.15, -0.1) is 12.4 Å². The van der Waals surface area contributed by atoms with Crippen molar-refractivity contribution in [3.63, 3.8) is 0 Å². The third-order valence-corrected chi connectivity index (χ3v) is 6.88. The molecule has 0 aromatic carbocycles. The second-order valence-corrected chi connectivity index (χ2v) is 8.66. The third kappa shape index (κ3) is 3.30. The van der Waals surface area contributed by atoms with Crippen LogP contribution >= 0.6 is 23.7 Å². The van der Waals surface area contributed by atoms with Crippen molar-refractivity contribution in [2.24, 2.45) is 5.41 Å². The van der Waals surface area contributed by atoms with Gasteiger partial charge in [0.05, 0.1) is 0 Å². The minimum atomic E-state index is 0. The predicted molar refractivity (Wildman–Crippen MR) is 105 cm³/mol. The zero-order valence-electron chi connectivity index (χ0n) is 14.7. The van der Waals surface area contributed by atoms with E-state index < -0.39 is 0 Å². The number of H-pyrrole nitrogens is 1. The van der Waals surface area contributed by atoms with E-state index in [1.165, 1.54) is 31.2 Å². The molecule has 1 atom stereocenters. The Morgan fingerprint density at radius 2 is 2.15 bits per heavy atom. The molecule has 2 saturated carbocycles. The summed E-state index contributed by atoms with van der Waals surface area (Å²) in [6.07, 6.45) is 5.93. The van der Waals surface area contributed by atoms with Crippen LogP contribution in [0, 0.1) is 5.41 Å². The zero-order valence-corrected chi connectivity index (χ0v) is 16.4. The molecule has 1 saturated heterocycles. The molecule has 1 unspecified atom stereocenters. The van der Waals surface area contributed by atoms with Crippen molar-refractivity contribution in [2.45, 2.75) is 50.6 Å². The van der Waals surface area contributed by atoms with Gasteiger partial charge in [-0.1, -0.05) is 0 Å². The number of nitrogens with zero attached hydrogens (tertiary/aromatic N) is 2. The van der Waals surface area contributed by atoms with Crippen LogP contribution < -0.4 is 5.32 Å². The number of thiophene rings is 1. The van der Waals surface area contributed by atoms with E-state index in [0.29, 0.717) is 29.6 Å². The summed E-state index contributed by atoms with van der Waals surface area (Å²) in [5.74, 6) is 0.686. The van der Waals surface area contributed by atoms with Crippen LogP contribution in [0.5, 0.6) is 0 Å². The van der Waals surface area contributed by atoms with E-state index in [9.17, 15) is 4.79 Å². The normalized spacial score (nSPS) is 23.5. The Balaban J connectivity index is 0.00000168. The molecule has 2 N–H and O–H groups in total. The van der Waals surface area contributed by atoms with Gasteiger partial charge in [0.15, 0.2) is 0 Å². The summed E-state index contributed by atoms with van der Waals surface area (Å²) in [5.41, 5.74) is 3.29. The minimum Gasteiger partial charge on any atom is -0.329 e. The van der Waals surface area contributed by atoms with Crippen LogP contribution in [0.2, 0.25) is 0 Å². The third-order valence-electron chi connectivity index (χ3n) is 6.15. The number of carbonyl (C=O) groups excluding carboxylic acids is 1. The van der Waals surface area contributed by atoms with E-state index in [4.69, 9.17) is 0 Å². The number of carbonyl (C=O) groups is 1. The summed E-state index contributed by atoms with van der Waals surface area (Å²) < 4.78 is 0. The van der Waals surface area contributed by atoms with Crippen LogP contribution in [0.3, 0.4) is 0 Å². The maximum atomic E-state index is 13.3. The lowest BCUT2D eigenvalue weighted by Gasteiger charge is -2.29. The zero-order chi connectivity index (χ0) is 16.9. The van der Waals surface area contributed by atoms with E-state index in [-0.39, 0.29) is 18.3 Å². The summed E-state index contributed by atoms with van der Waals surface area (Å²) in [5, 5.41) is 15.1. The molecule has 0 radical (unpaired) electrons. The SMILES string of the molecule is Cl.O=C(c1cc(C2CC2)[nH]n1)N(Cc1ccsc1)C1CC12CCNCC2. The Bertz CT molecular complexity index is 764. The van der Waals surface area contributed by atoms with Gasteiger partial charge >= 0.3 is 0 Å². The fourth-order valence-corrected chi connectivity index (χ4v) is 4.99. The van der Waals surface area contributed by atoms with Crippen molar-refractivity contribution in [3.05, 3.63) is 39.8 Å². The van der Waals surface area contributed by atoms with Gasteiger partial charge in [-0.3, -0.25) is 9.89 Å². The van der Waals surface area contributed by atoms with E-state index in [1.54, 1.807) is 11.3 Å². The average molecular weight is 393 g/mol. The van der Waals surface area contributed by atoms with Gasteiger partial charge < -0.3 is 10.2 Å². The van der Waals surface area contributed by atoms with Crippen molar-refractivity contribution < 1.29 is 4.79 Å². The number of amides is 1. The molecule has 2 aromatic rings. The van der Waals surface area contributed by atoms with E-state index in [0.717, 1.165) is 25.2 Å². The van der Waals surface area contributed by atoms with Crippen LogP contribution in [0.25, 0.3) is 0 Å². The smallest absolute Gasteiger partial charge is 0.274 e. The molecule has 3 fully saturated rings. The maximum absolute atomic E-state index is 13.3. The number of aromatic nitrogens is 2. The molecule has 140 valence electrons. The first-order valence-electron chi connectivity index (χ1n) is 9.33. The number of nitrogens with one attached hydrogen (secondary N) is 2. The highest BCUT2D eigenvalue weighted by Crippen LogP contribution is 2.56. The molecule has 0 bridgehead atoms. The molecule has 7 heteroatoms. The van der Waals surface area contributed by atoms with Crippen LogP contribution in [-0.2, 0) is 6.54 Å². The Morgan fingerprint density at radius 3 is 2.85 bits per heavy atom. The molecule has 3 heterocycles. The topological polar surface area (TPSA) is 61.0 Å². The predicted octanol–water partition coefficient (Wildman–Crippen LogP) is 3.55. The highest BCUT2D eigenvalue weighted by molar-refractivity contribution is 7.07. The molecule has 26 heavy (non-hydrogen) atoms. The van der Waals surface area contributed by atoms with Gasteiger partial charge in [-0.05, 0) is 79.1 Å². The highest BCUT2D eigenvalue weighted by atomic mass is 35.5. The van der Waals surface area contributed by atoms with Gasteiger partial charge in [0.25, 0.3) is 5.91 Å². The first kappa shape index (κ1) is 18.0. The van der Waals surface area contributed by atoms with Crippen LogP contribution in [0.1, 0.15) is 59.8 Å². The lowest BCUT2D eigenvalue weighted by atomic mass is 9.93. The second kappa shape index (κ2) is 6.98. The summed E-state index contributed by atoms with van der Waals surface area (Å²) in [6, 6.07) is 4.48. The van der Waals surface area contributed by atoms with Gasteiger partial charge in [0, 0.05) is 24.2 Å². The molecule has 5 rings (SSSR count). The molecule has 2 aliphatic carbocycles. The lowest BCUT2D eigenvalue weighted by Crippen LogP contribution is -2.39. The first-order valence-corrected chi connectivity index (χ1v) is 10.3. The molecular weight excluding hydrogens is 368 g/mol. The first-order chi connectivity index (χ1) is 12.3. The number of hydrogen-bond donors (Lipinski definition) is 2. The molecule has 3 aliphatic rings. The fraction of sp³-hybridized carbons (Fsp3) is 0.579. The van der Waals surface area contributed by atoms with Crippen molar-refractivity contribution in [1.29, 1.82) is 0 Å². The number of halogens is 1. The van der Waals surface area contributed by atoms with E-state index >= 15 is 0 Å². The van der Waals surface area contributed by atoms with Crippen LogP contribution in [-0.4, -0.2) is 40.1 Å². The molecule has 1 aliphatic heterocycles. The summed E-state index contributed by atoms with van der Waals surface area (Å²) in [6.45, 7) is 2.85. The van der Waals surface area contributed by atoms with E-state index in [1.807, 2.05) is 6.07 Å². The highest BCUT2D eigenvalue weighted by Gasteiger charge is 2.58. The van der Waals surface area contributed by atoms with E-state index in [2.05, 4.69) is 37.2 Å². The molecule has 5 nitrogen and oxygen atoms in total. The lowest BCUT2D eigenvalue weighted by molar-refractivity contribution is 0.0686. The monoisotopic (exact) mass is 392 g/mol. The van der Waals surface area contributed by atoms with Gasteiger partial charge in [-0.25, -0.2) is 0 Å². The summed E-state index contributed by atoms with van der Waals surface area (Å²) in [4.78, 5) is 15.4. The molecule has 2 aromatic heterocycles. The molecule has 1 amide bonds. The largest absolute Gasteiger partial charge is 0.329 e. The van der Waals surface area contributed by atoms with Crippen molar-refractivity contribution in [2.75, 3.05) is 13.1 Å².